The van der Waals surface area contributed by atoms with Crippen LogP contribution in [-0.2, 0) is 18.8 Å². The van der Waals surface area contributed by atoms with E-state index in [0.717, 1.165) is 23.3 Å². The van der Waals surface area contributed by atoms with E-state index in [4.69, 9.17) is 4.98 Å². The van der Waals surface area contributed by atoms with Gasteiger partial charge in [-0.05, 0) is 54.8 Å². The molecule has 0 bridgehead atoms. The average molecular weight is 518 g/mol. The van der Waals surface area contributed by atoms with E-state index >= 15 is 0 Å². The molecule has 192 valence electrons. The van der Waals surface area contributed by atoms with Crippen LogP contribution in [0.15, 0.2) is 79.1 Å². The zero-order valence-electron chi connectivity index (χ0n) is 20.2. The summed E-state index contributed by atoms with van der Waals surface area (Å²) in [5.74, 6) is -0.232. The number of alkyl halides is 3. The highest BCUT2D eigenvalue weighted by Crippen LogP contribution is 2.46. The van der Waals surface area contributed by atoms with Crippen LogP contribution in [0.1, 0.15) is 34.3 Å². The van der Waals surface area contributed by atoms with Crippen molar-refractivity contribution in [3.63, 3.8) is 0 Å². The second kappa shape index (κ2) is 8.56. The number of aliphatic hydroxyl groups is 1. The molecular formula is C28H22F3N5O2. The molecule has 10 heteroatoms. The Morgan fingerprint density at radius 3 is 2.45 bits per heavy atom. The van der Waals surface area contributed by atoms with Crippen LogP contribution in [0.3, 0.4) is 0 Å². The maximum atomic E-state index is 13.8. The Balaban J connectivity index is 1.43. The van der Waals surface area contributed by atoms with Gasteiger partial charge in [0.25, 0.3) is 5.91 Å². The number of carbonyl (C=O) groups is 1. The standard InChI is InChI=1S/C28H22F3N5O2/c1-35-13-10-22(34-35)20-15-18(7-8-21(20)28(29,30)31)26(37)33-25-24(17-5-3-2-4-6-17)32-23-16-19(9-14-36(23)25)27(38)11-12-27/h2-10,13-16,38H,11-12H2,1H3,(H,33,37). The van der Waals surface area contributed by atoms with Crippen molar-refractivity contribution in [2.75, 3.05) is 5.32 Å². The summed E-state index contributed by atoms with van der Waals surface area (Å²) in [6.07, 6.45) is -0.00825. The molecule has 0 atom stereocenters. The van der Waals surface area contributed by atoms with Gasteiger partial charge >= 0.3 is 6.18 Å². The van der Waals surface area contributed by atoms with Crippen molar-refractivity contribution < 1.29 is 23.1 Å². The highest BCUT2D eigenvalue weighted by molar-refractivity contribution is 6.06. The summed E-state index contributed by atoms with van der Waals surface area (Å²) in [5.41, 5.74) is 0.750. The average Bonchev–Trinajstić information content (AvgIpc) is 3.34. The number of rotatable bonds is 5. The summed E-state index contributed by atoms with van der Waals surface area (Å²) in [6.45, 7) is 0. The molecule has 1 aliphatic carbocycles. The van der Waals surface area contributed by atoms with Crippen LogP contribution in [0.2, 0.25) is 0 Å². The van der Waals surface area contributed by atoms with Gasteiger partial charge in [0.2, 0.25) is 0 Å². The lowest BCUT2D eigenvalue weighted by Crippen LogP contribution is -2.16. The SMILES string of the molecule is Cn1ccc(-c2cc(C(=O)Nc3c(-c4ccccc4)nc4cc(C5(O)CC5)ccn34)ccc2C(F)(F)F)n1. The van der Waals surface area contributed by atoms with Crippen molar-refractivity contribution >= 4 is 17.4 Å². The molecule has 0 aliphatic heterocycles. The first-order valence-electron chi connectivity index (χ1n) is 12.0. The first-order chi connectivity index (χ1) is 18.1. The molecule has 1 aliphatic rings. The minimum absolute atomic E-state index is 0.0385. The van der Waals surface area contributed by atoms with Gasteiger partial charge in [0.05, 0.1) is 16.9 Å². The first-order valence-corrected chi connectivity index (χ1v) is 12.0. The number of fused-ring (bicyclic) bond motifs is 1. The zero-order valence-corrected chi connectivity index (χ0v) is 20.2. The van der Waals surface area contributed by atoms with E-state index in [9.17, 15) is 23.1 Å². The normalized spacial score (nSPS) is 14.6. The molecule has 2 N–H and O–H groups in total. The summed E-state index contributed by atoms with van der Waals surface area (Å²) in [4.78, 5) is 18.1. The molecule has 2 aromatic carbocycles. The number of aryl methyl sites for hydroxylation is 1. The molecule has 0 unspecified atom stereocenters. The fraction of sp³-hybridized carbons (Fsp3) is 0.179. The number of nitrogens with one attached hydrogen (secondary N) is 1. The number of amides is 1. The lowest BCUT2D eigenvalue weighted by atomic mass is 10.0. The van der Waals surface area contributed by atoms with Gasteiger partial charge in [-0.3, -0.25) is 13.9 Å². The van der Waals surface area contributed by atoms with Crippen molar-refractivity contribution in [1.29, 1.82) is 0 Å². The van der Waals surface area contributed by atoms with E-state index in [1.165, 1.54) is 16.8 Å². The van der Waals surface area contributed by atoms with Gasteiger partial charge in [0.15, 0.2) is 0 Å². The Hall–Kier alpha value is -4.44. The molecule has 0 radical (unpaired) electrons. The van der Waals surface area contributed by atoms with Gasteiger partial charge in [-0.25, -0.2) is 4.98 Å². The number of pyridine rings is 1. The number of carbonyl (C=O) groups excluding carboxylic acids is 1. The van der Waals surface area contributed by atoms with Crippen LogP contribution in [0.5, 0.6) is 0 Å². The molecule has 7 nitrogen and oxygen atoms in total. The largest absolute Gasteiger partial charge is 0.417 e. The molecule has 5 aromatic rings. The zero-order chi connectivity index (χ0) is 26.7. The van der Waals surface area contributed by atoms with Gasteiger partial charge in [-0.15, -0.1) is 0 Å². The monoisotopic (exact) mass is 517 g/mol. The minimum atomic E-state index is -4.62. The molecule has 1 amide bonds. The van der Waals surface area contributed by atoms with E-state index in [2.05, 4.69) is 10.4 Å². The van der Waals surface area contributed by atoms with Crippen LogP contribution in [0.25, 0.3) is 28.2 Å². The predicted octanol–water partition coefficient (Wildman–Crippen LogP) is 5.65. The number of aromatic nitrogens is 4. The number of nitrogens with zero attached hydrogens (tertiary/aromatic N) is 4. The quantitative estimate of drug-likeness (QED) is 0.315. The van der Waals surface area contributed by atoms with Gasteiger partial charge < -0.3 is 10.4 Å². The number of benzene rings is 2. The molecule has 3 heterocycles. The van der Waals surface area contributed by atoms with E-state index in [0.29, 0.717) is 30.0 Å². The van der Waals surface area contributed by atoms with Crippen LogP contribution in [0, 0.1) is 0 Å². The summed E-state index contributed by atoms with van der Waals surface area (Å²) in [6, 6.07) is 17.5. The van der Waals surface area contributed by atoms with E-state index in [1.54, 1.807) is 36.0 Å². The summed E-state index contributed by atoms with van der Waals surface area (Å²) in [5, 5.41) is 17.5. The van der Waals surface area contributed by atoms with Gasteiger partial charge in [0.1, 0.15) is 17.2 Å². The number of halogens is 3. The van der Waals surface area contributed by atoms with Crippen LogP contribution < -0.4 is 5.32 Å². The fourth-order valence-electron chi connectivity index (χ4n) is 4.54. The lowest BCUT2D eigenvalue weighted by molar-refractivity contribution is -0.137. The third-order valence-electron chi connectivity index (χ3n) is 6.74. The Bertz CT molecular complexity index is 1680. The molecule has 38 heavy (non-hydrogen) atoms. The highest BCUT2D eigenvalue weighted by Gasteiger charge is 2.42. The van der Waals surface area contributed by atoms with Gasteiger partial charge in [-0.2, -0.15) is 18.3 Å². The molecule has 0 saturated heterocycles. The molecule has 0 spiro atoms. The number of anilines is 1. The molecule has 6 rings (SSSR count). The Labute approximate surface area is 215 Å². The van der Waals surface area contributed by atoms with E-state index in [-0.39, 0.29) is 16.8 Å². The van der Waals surface area contributed by atoms with E-state index < -0.39 is 23.2 Å². The Kier molecular flexibility index (Phi) is 5.39. The first kappa shape index (κ1) is 23.9. The lowest BCUT2D eigenvalue weighted by Gasteiger charge is -2.14. The topological polar surface area (TPSA) is 84.5 Å². The maximum Gasteiger partial charge on any atom is 0.417 e. The van der Waals surface area contributed by atoms with Crippen LogP contribution in [0.4, 0.5) is 19.0 Å². The third-order valence-corrected chi connectivity index (χ3v) is 6.74. The van der Waals surface area contributed by atoms with Crippen molar-refractivity contribution in [1.82, 2.24) is 19.2 Å². The van der Waals surface area contributed by atoms with Crippen LogP contribution in [-0.4, -0.2) is 30.2 Å². The smallest absolute Gasteiger partial charge is 0.385 e. The molecule has 1 fully saturated rings. The number of imidazole rings is 1. The Morgan fingerprint density at radius 1 is 1.03 bits per heavy atom. The molecule has 1 saturated carbocycles. The van der Waals surface area contributed by atoms with Crippen molar-refractivity contribution in [2.45, 2.75) is 24.6 Å². The highest BCUT2D eigenvalue weighted by atomic mass is 19.4. The summed E-state index contributed by atoms with van der Waals surface area (Å²) < 4.78 is 44.3. The number of hydrogen-bond donors (Lipinski definition) is 2. The second-order valence-corrected chi connectivity index (χ2v) is 9.44. The fourth-order valence-corrected chi connectivity index (χ4v) is 4.54. The Morgan fingerprint density at radius 2 is 1.79 bits per heavy atom. The summed E-state index contributed by atoms with van der Waals surface area (Å²) in [7, 11) is 1.61. The van der Waals surface area contributed by atoms with Gasteiger partial charge in [-0.1, -0.05) is 30.3 Å². The van der Waals surface area contributed by atoms with E-state index in [1.807, 2.05) is 30.3 Å². The summed E-state index contributed by atoms with van der Waals surface area (Å²) >= 11 is 0. The van der Waals surface area contributed by atoms with Crippen LogP contribution >= 0.6 is 0 Å². The van der Waals surface area contributed by atoms with Gasteiger partial charge in [0, 0.05) is 36.1 Å². The second-order valence-electron chi connectivity index (χ2n) is 9.44. The molecule has 3 aromatic heterocycles. The minimum Gasteiger partial charge on any atom is -0.385 e. The molecular weight excluding hydrogens is 495 g/mol. The number of hydrogen-bond acceptors (Lipinski definition) is 4. The van der Waals surface area contributed by atoms with Crippen molar-refractivity contribution in [3.8, 4) is 22.5 Å². The van der Waals surface area contributed by atoms with Crippen molar-refractivity contribution in [3.05, 3.63) is 95.8 Å². The maximum absolute atomic E-state index is 13.8. The van der Waals surface area contributed by atoms with Crippen molar-refractivity contribution in [2.24, 2.45) is 7.05 Å². The predicted molar refractivity (Wildman–Crippen MR) is 135 cm³/mol. The third kappa shape index (κ3) is 4.22.